The van der Waals surface area contributed by atoms with Gasteiger partial charge in [-0.05, 0) is 12.0 Å². The lowest BCUT2D eigenvalue weighted by Gasteiger charge is -2.34. The molecule has 0 N–H and O–H groups in total. The van der Waals surface area contributed by atoms with Gasteiger partial charge in [0.25, 0.3) is 0 Å². The summed E-state index contributed by atoms with van der Waals surface area (Å²) in [7, 11) is 4.82. The molecule has 0 bridgehead atoms. The molecule has 0 unspecified atom stereocenters. The van der Waals surface area contributed by atoms with Gasteiger partial charge < -0.3 is 18.9 Å². The molecule has 0 aromatic heterocycles. The normalized spacial score (nSPS) is 30.3. The molecular weight excluding hydrogens is 196 g/mol. The van der Waals surface area contributed by atoms with Crippen LogP contribution in [0.15, 0.2) is 11.8 Å². The molecule has 0 saturated carbocycles. The van der Waals surface area contributed by atoms with Gasteiger partial charge in [0.05, 0.1) is 6.61 Å². The highest BCUT2D eigenvalue weighted by Gasteiger charge is 2.34. The summed E-state index contributed by atoms with van der Waals surface area (Å²) in [5.41, 5.74) is 0. The minimum absolute atomic E-state index is 0.199. The summed E-state index contributed by atoms with van der Waals surface area (Å²) in [4.78, 5) is 0. The molecule has 84 valence electrons. The quantitative estimate of drug-likeness (QED) is 0.639. The van der Waals surface area contributed by atoms with Crippen LogP contribution >= 0.6 is 0 Å². The molecule has 1 aliphatic rings. The Labute approximate surface area is 90.1 Å². The van der Waals surface area contributed by atoms with Crippen LogP contribution in [0.25, 0.3) is 0 Å². The zero-order valence-electron chi connectivity index (χ0n) is 9.23. The standard InChI is InChI=1S/C11H16O4/c1-5-8-6-9(13-3)11(14-4)10(15-8)7-12-2/h1,6,9-11H,7H2,2-4H3/t9-,10-,11+/m1/s1. The molecule has 4 heteroatoms. The van der Waals surface area contributed by atoms with Gasteiger partial charge in [0.2, 0.25) is 0 Å². The number of terminal acetylenes is 1. The van der Waals surface area contributed by atoms with Crippen LogP contribution in [0.2, 0.25) is 0 Å². The van der Waals surface area contributed by atoms with Crippen LogP contribution in [0.1, 0.15) is 0 Å². The summed E-state index contributed by atoms with van der Waals surface area (Å²) in [6, 6.07) is 0. The van der Waals surface area contributed by atoms with Crippen LogP contribution in [0.5, 0.6) is 0 Å². The lowest BCUT2D eigenvalue weighted by Crippen LogP contribution is -2.46. The third kappa shape index (κ3) is 2.72. The summed E-state index contributed by atoms with van der Waals surface area (Å²) < 4.78 is 21.1. The highest BCUT2D eigenvalue weighted by atomic mass is 16.6. The van der Waals surface area contributed by atoms with Crippen LogP contribution in [0.3, 0.4) is 0 Å². The van der Waals surface area contributed by atoms with E-state index in [1.807, 2.05) is 0 Å². The Morgan fingerprint density at radius 1 is 1.40 bits per heavy atom. The Morgan fingerprint density at radius 2 is 2.13 bits per heavy atom. The lowest BCUT2D eigenvalue weighted by molar-refractivity contribution is -0.118. The predicted molar refractivity (Wildman–Crippen MR) is 55.3 cm³/mol. The van der Waals surface area contributed by atoms with E-state index in [1.165, 1.54) is 0 Å². The van der Waals surface area contributed by atoms with Gasteiger partial charge in [-0.1, -0.05) is 0 Å². The van der Waals surface area contributed by atoms with Crippen molar-refractivity contribution in [3.63, 3.8) is 0 Å². The fourth-order valence-electron chi connectivity index (χ4n) is 1.59. The van der Waals surface area contributed by atoms with E-state index >= 15 is 0 Å². The molecule has 4 nitrogen and oxygen atoms in total. The Kier molecular flexibility index (Phi) is 4.63. The summed E-state index contributed by atoms with van der Waals surface area (Å²) in [6.45, 7) is 0.414. The summed E-state index contributed by atoms with van der Waals surface area (Å²) in [5, 5.41) is 0. The Balaban J connectivity index is 2.82. The zero-order valence-corrected chi connectivity index (χ0v) is 9.23. The molecule has 0 aromatic rings. The Morgan fingerprint density at radius 3 is 2.60 bits per heavy atom. The van der Waals surface area contributed by atoms with Crippen molar-refractivity contribution in [2.75, 3.05) is 27.9 Å². The van der Waals surface area contributed by atoms with Crippen molar-refractivity contribution in [3.05, 3.63) is 11.8 Å². The Hall–Kier alpha value is -1.02. The average molecular weight is 212 g/mol. The van der Waals surface area contributed by atoms with Gasteiger partial charge in [0.1, 0.15) is 12.2 Å². The van der Waals surface area contributed by atoms with E-state index < -0.39 is 0 Å². The predicted octanol–water partition coefficient (Wildman–Crippen LogP) is 0.579. The van der Waals surface area contributed by atoms with E-state index in [0.29, 0.717) is 12.4 Å². The van der Waals surface area contributed by atoms with Crippen molar-refractivity contribution in [3.8, 4) is 12.3 Å². The number of allylic oxidation sites excluding steroid dienone is 1. The zero-order chi connectivity index (χ0) is 11.3. The fraction of sp³-hybridized carbons (Fsp3) is 0.636. The van der Waals surface area contributed by atoms with Crippen molar-refractivity contribution >= 4 is 0 Å². The van der Waals surface area contributed by atoms with Gasteiger partial charge in [0.15, 0.2) is 11.9 Å². The van der Waals surface area contributed by atoms with E-state index in [0.717, 1.165) is 0 Å². The van der Waals surface area contributed by atoms with E-state index in [-0.39, 0.29) is 18.3 Å². The third-order valence-electron chi connectivity index (χ3n) is 2.30. The molecule has 1 heterocycles. The lowest BCUT2D eigenvalue weighted by atomic mass is 10.0. The van der Waals surface area contributed by atoms with Crippen LogP contribution in [-0.4, -0.2) is 46.2 Å². The van der Waals surface area contributed by atoms with Crippen LogP contribution in [0.4, 0.5) is 0 Å². The summed E-state index contributed by atoms with van der Waals surface area (Å²) in [6.07, 6.45) is 6.39. The van der Waals surface area contributed by atoms with Crippen molar-refractivity contribution in [2.24, 2.45) is 0 Å². The molecule has 3 atom stereocenters. The first-order valence-corrected chi connectivity index (χ1v) is 4.66. The second-order valence-corrected chi connectivity index (χ2v) is 3.19. The molecule has 0 spiro atoms. The first kappa shape index (κ1) is 12.1. The van der Waals surface area contributed by atoms with E-state index in [1.54, 1.807) is 27.4 Å². The molecule has 0 aliphatic carbocycles. The van der Waals surface area contributed by atoms with Crippen molar-refractivity contribution in [2.45, 2.75) is 18.3 Å². The molecule has 1 aliphatic heterocycles. The van der Waals surface area contributed by atoms with Gasteiger partial charge in [-0.2, -0.15) is 0 Å². The van der Waals surface area contributed by atoms with Gasteiger partial charge >= 0.3 is 0 Å². The number of rotatable bonds is 4. The van der Waals surface area contributed by atoms with Gasteiger partial charge in [-0.3, -0.25) is 0 Å². The van der Waals surface area contributed by atoms with Crippen molar-refractivity contribution in [1.29, 1.82) is 0 Å². The molecule has 15 heavy (non-hydrogen) atoms. The molecule has 1 rings (SSSR count). The Bertz CT molecular complexity index is 266. The van der Waals surface area contributed by atoms with Gasteiger partial charge in [-0.25, -0.2) is 0 Å². The molecule has 0 fully saturated rings. The van der Waals surface area contributed by atoms with Crippen molar-refractivity contribution in [1.82, 2.24) is 0 Å². The molecule has 0 aromatic carbocycles. The molecular formula is C11H16O4. The minimum Gasteiger partial charge on any atom is -0.477 e. The molecule has 0 radical (unpaired) electrons. The maximum atomic E-state index is 5.51. The largest absolute Gasteiger partial charge is 0.477 e. The number of hydrogen-bond donors (Lipinski definition) is 0. The van der Waals surface area contributed by atoms with Gasteiger partial charge in [-0.15, -0.1) is 6.42 Å². The third-order valence-corrected chi connectivity index (χ3v) is 2.30. The smallest absolute Gasteiger partial charge is 0.169 e. The maximum Gasteiger partial charge on any atom is 0.169 e. The summed E-state index contributed by atoms with van der Waals surface area (Å²) >= 11 is 0. The van der Waals surface area contributed by atoms with Crippen LogP contribution in [0, 0.1) is 12.3 Å². The van der Waals surface area contributed by atoms with E-state index in [4.69, 9.17) is 25.4 Å². The monoisotopic (exact) mass is 212 g/mol. The fourth-order valence-corrected chi connectivity index (χ4v) is 1.59. The highest BCUT2D eigenvalue weighted by Crippen LogP contribution is 2.22. The first-order chi connectivity index (χ1) is 7.26. The molecule has 0 amide bonds. The highest BCUT2D eigenvalue weighted by molar-refractivity contribution is 5.24. The second-order valence-electron chi connectivity index (χ2n) is 3.19. The van der Waals surface area contributed by atoms with Crippen LogP contribution in [-0.2, 0) is 18.9 Å². The van der Waals surface area contributed by atoms with E-state index in [9.17, 15) is 0 Å². The van der Waals surface area contributed by atoms with Gasteiger partial charge in [0, 0.05) is 21.3 Å². The minimum atomic E-state index is -0.235. The number of ether oxygens (including phenoxy) is 4. The molecule has 0 saturated heterocycles. The average Bonchev–Trinajstić information content (AvgIpc) is 2.28. The first-order valence-electron chi connectivity index (χ1n) is 4.66. The number of methoxy groups -OCH3 is 3. The van der Waals surface area contributed by atoms with E-state index in [2.05, 4.69) is 5.92 Å². The van der Waals surface area contributed by atoms with Crippen LogP contribution < -0.4 is 0 Å². The maximum absolute atomic E-state index is 5.51. The topological polar surface area (TPSA) is 36.9 Å². The van der Waals surface area contributed by atoms with Crippen molar-refractivity contribution < 1.29 is 18.9 Å². The number of hydrogen-bond acceptors (Lipinski definition) is 4. The summed E-state index contributed by atoms with van der Waals surface area (Å²) in [5.74, 6) is 2.92. The second kappa shape index (κ2) is 5.76. The SMILES string of the molecule is C#CC1=C[C@@H](OC)[C@H](OC)[C@@H](COC)O1.